The lowest BCUT2D eigenvalue weighted by Gasteiger charge is -2.25. The molecule has 0 saturated carbocycles. The maximum atomic E-state index is 12.6. The molecule has 0 aliphatic carbocycles. The molecular formula is C32H65N2O7P. The number of nitrogens with two attached hydrogens (primary N) is 1. The van der Waals surface area contributed by atoms with E-state index in [1.54, 1.807) is 0 Å². The van der Waals surface area contributed by atoms with Crippen molar-refractivity contribution in [2.24, 2.45) is 5.73 Å². The fourth-order valence-electron chi connectivity index (χ4n) is 4.81. The van der Waals surface area contributed by atoms with E-state index in [0.717, 1.165) is 44.9 Å². The maximum Gasteiger partial charge on any atom is 0.472 e. The van der Waals surface area contributed by atoms with Crippen LogP contribution in [0.1, 0.15) is 149 Å². The van der Waals surface area contributed by atoms with Gasteiger partial charge in [-0.05, 0) is 32.1 Å². The Labute approximate surface area is 257 Å². The van der Waals surface area contributed by atoms with Crippen molar-refractivity contribution in [3.05, 3.63) is 12.2 Å². The van der Waals surface area contributed by atoms with Crippen molar-refractivity contribution in [2.75, 3.05) is 19.8 Å². The van der Waals surface area contributed by atoms with Gasteiger partial charge in [-0.25, -0.2) is 4.57 Å². The van der Waals surface area contributed by atoms with Gasteiger partial charge in [0.25, 0.3) is 0 Å². The van der Waals surface area contributed by atoms with Crippen LogP contribution in [0.25, 0.3) is 0 Å². The molecule has 0 heterocycles. The quantitative estimate of drug-likeness (QED) is 0.0313. The highest BCUT2D eigenvalue weighted by molar-refractivity contribution is 7.47. The van der Waals surface area contributed by atoms with E-state index in [1.807, 2.05) is 0 Å². The van der Waals surface area contributed by atoms with Crippen LogP contribution in [0.5, 0.6) is 0 Å². The summed E-state index contributed by atoms with van der Waals surface area (Å²) in [6.45, 7) is 3.93. The van der Waals surface area contributed by atoms with Crippen molar-refractivity contribution in [2.45, 2.75) is 167 Å². The number of hydrogen-bond donors (Lipinski definition) is 5. The number of allylic oxidation sites excluding steroid dienone is 2. The highest BCUT2D eigenvalue weighted by Gasteiger charge is 2.28. The molecular weight excluding hydrogens is 555 g/mol. The number of carbonyl (C=O) groups is 1. The second-order valence-corrected chi connectivity index (χ2v) is 13.0. The van der Waals surface area contributed by atoms with Crippen molar-refractivity contribution in [1.29, 1.82) is 0 Å². The molecule has 6 N–H and O–H groups in total. The molecule has 0 saturated heterocycles. The second-order valence-electron chi connectivity index (χ2n) is 11.6. The largest absolute Gasteiger partial charge is 0.472 e. The first-order chi connectivity index (χ1) is 20.3. The summed E-state index contributed by atoms with van der Waals surface area (Å²) in [4.78, 5) is 22.5. The zero-order valence-electron chi connectivity index (χ0n) is 26.9. The van der Waals surface area contributed by atoms with Gasteiger partial charge >= 0.3 is 7.82 Å². The van der Waals surface area contributed by atoms with Gasteiger partial charge in [-0.1, -0.05) is 122 Å². The number of phosphoric ester groups is 1. The first-order valence-corrected chi connectivity index (χ1v) is 18.4. The third kappa shape index (κ3) is 26.8. The third-order valence-electron chi connectivity index (χ3n) is 7.42. The average Bonchev–Trinajstić information content (AvgIpc) is 2.96. The van der Waals surface area contributed by atoms with Crippen LogP contribution in [0.4, 0.5) is 0 Å². The Balaban J connectivity index is 4.48. The van der Waals surface area contributed by atoms with E-state index in [2.05, 4.69) is 31.3 Å². The Morgan fingerprint density at radius 1 is 0.786 bits per heavy atom. The minimum absolute atomic E-state index is 0.0582. The molecule has 0 rings (SSSR count). The SMILES string of the molecule is CCCC/C=C\CCCCC(O)CC(=O)NC(COP(=O)(O)OCCN)C(O)CCCCCCCCCCCCCC. The molecule has 250 valence electrons. The standard InChI is InChI=1S/C32H65N2O7P/c1-3-5-7-9-11-13-14-15-16-18-20-22-24-31(36)30(28-41-42(38,39)40-26-25-33)34-32(37)27-29(35)23-21-19-17-12-10-8-6-4-2/h10,12,29-31,35-36H,3-9,11,13-28,33H2,1-2H3,(H,34,37)(H,38,39)/b12-10-. The molecule has 0 aliphatic heterocycles. The molecule has 9 nitrogen and oxygen atoms in total. The number of carbonyl (C=O) groups excluding carboxylic acids is 1. The number of nitrogens with one attached hydrogen (secondary N) is 1. The van der Waals surface area contributed by atoms with E-state index in [9.17, 15) is 24.5 Å². The molecule has 4 atom stereocenters. The predicted octanol–water partition coefficient (Wildman–Crippen LogP) is 7.07. The highest BCUT2D eigenvalue weighted by atomic mass is 31.2. The molecule has 0 aromatic rings. The fourth-order valence-corrected chi connectivity index (χ4v) is 5.57. The Kier molecular flexibility index (Phi) is 28.4. The number of aliphatic hydroxyl groups is 2. The molecule has 0 bridgehead atoms. The third-order valence-corrected chi connectivity index (χ3v) is 8.41. The van der Waals surface area contributed by atoms with Gasteiger partial charge in [0.05, 0.1) is 37.9 Å². The topological polar surface area (TPSA) is 151 Å². The van der Waals surface area contributed by atoms with Crippen LogP contribution < -0.4 is 11.1 Å². The molecule has 0 fully saturated rings. The van der Waals surface area contributed by atoms with Crippen LogP contribution in [0.2, 0.25) is 0 Å². The number of amides is 1. The smallest absolute Gasteiger partial charge is 0.393 e. The van der Waals surface area contributed by atoms with E-state index >= 15 is 0 Å². The van der Waals surface area contributed by atoms with Gasteiger partial charge < -0.3 is 26.2 Å². The summed E-state index contributed by atoms with van der Waals surface area (Å²) in [7, 11) is -4.36. The van der Waals surface area contributed by atoms with Crippen molar-refractivity contribution in [3.8, 4) is 0 Å². The highest BCUT2D eigenvalue weighted by Crippen LogP contribution is 2.43. The normalized spacial score (nSPS) is 15.5. The number of phosphoric acid groups is 1. The summed E-state index contributed by atoms with van der Waals surface area (Å²) in [5.74, 6) is -0.431. The summed E-state index contributed by atoms with van der Waals surface area (Å²) < 4.78 is 21.9. The van der Waals surface area contributed by atoms with Crippen LogP contribution in [-0.4, -0.2) is 59.0 Å². The summed E-state index contributed by atoms with van der Waals surface area (Å²) in [5.41, 5.74) is 5.33. The second kappa shape index (κ2) is 28.9. The van der Waals surface area contributed by atoms with E-state index in [1.165, 1.54) is 70.6 Å². The molecule has 0 aromatic heterocycles. The average molecular weight is 621 g/mol. The maximum absolute atomic E-state index is 12.6. The van der Waals surface area contributed by atoms with Gasteiger partial charge in [-0.15, -0.1) is 0 Å². The van der Waals surface area contributed by atoms with E-state index < -0.39 is 32.0 Å². The van der Waals surface area contributed by atoms with E-state index in [0.29, 0.717) is 12.8 Å². The zero-order chi connectivity index (χ0) is 31.3. The summed E-state index contributed by atoms with van der Waals surface area (Å²) >= 11 is 0. The van der Waals surface area contributed by atoms with Gasteiger partial charge in [-0.2, -0.15) is 0 Å². The molecule has 10 heteroatoms. The van der Waals surface area contributed by atoms with E-state index in [-0.39, 0.29) is 26.2 Å². The lowest BCUT2D eigenvalue weighted by atomic mass is 10.0. The van der Waals surface area contributed by atoms with Gasteiger partial charge in [0, 0.05) is 6.54 Å². The number of unbranched alkanes of at least 4 members (excludes halogenated alkanes) is 15. The monoisotopic (exact) mass is 620 g/mol. The molecule has 0 aliphatic rings. The predicted molar refractivity (Wildman–Crippen MR) is 172 cm³/mol. The van der Waals surface area contributed by atoms with E-state index in [4.69, 9.17) is 14.8 Å². The van der Waals surface area contributed by atoms with Gasteiger partial charge in [0.2, 0.25) is 5.91 Å². The Morgan fingerprint density at radius 3 is 1.88 bits per heavy atom. The lowest BCUT2D eigenvalue weighted by molar-refractivity contribution is -0.125. The summed E-state index contributed by atoms with van der Waals surface area (Å²) in [5, 5.41) is 23.8. The van der Waals surface area contributed by atoms with Crippen molar-refractivity contribution >= 4 is 13.7 Å². The van der Waals surface area contributed by atoms with Crippen LogP contribution in [0, 0.1) is 0 Å². The fraction of sp³-hybridized carbons (Fsp3) is 0.906. The zero-order valence-corrected chi connectivity index (χ0v) is 27.8. The van der Waals surface area contributed by atoms with Gasteiger partial charge in [-0.3, -0.25) is 13.8 Å². The summed E-state index contributed by atoms with van der Waals surface area (Å²) in [6.07, 6.45) is 24.1. The Morgan fingerprint density at radius 2 is 1.31 bits per heavy atom. The Hall–Kier alpha value is -0.800. The molecule has 4 unspecified atom stereocenters. The first-order valence-electron chi connectivity index (χ1n) is 16.9. The van der Waals surface area contributed by atoms with Gasteiger partial charge in [0.15, 0.2) is 0 Å². The number of hydrogen-bond acceptors (Lipinski definition) is 7. The van der Waals surface area contributed by atoms with Crippen LogP contribution in [-0.2, 0) is 18.4 Å². The molecule has 0 spiro atoms. The van der Waals surface area contributed by atoms with Crippen LogP contribution in [0.15, 0.2) is 12.2 Å². The van der Waals surface area contributed by atoms with Crippen LogP contribution >= 0.6 is 7.82 Å². The number of aliphatic hydroxyl groups excluding tert-OH is 2. The first kappa shape index (κ1) is 41.2. The number of rotatable bonds is 31. The van der Waals surface area contributed by atoms with Crippen molar-refractivity contribution < 1.29 is 33.5 Å². The lowest BCUT2D eigenvalue weighted by Crippen LogP contribution is -2.47. The molecule has 0 radical (unpaired) electrons. The van der Waals surface area contributed by atoms with Gasteiger partial charge in [0.1, 0.15) is 0 Å². The molecule has 1 amide bonds. The minimum atomic E-state index is -4.36. The summed E-state index contributed by atoms with van der Waals surface area (Å²) in [6, 6.07) is -0.896. The Bertz CT molecular complexity index is 696. The van der Waals surface area contributed by atoms with Crippen LogP contribution in [0.3, 0.4) is 0 Å². The molecule has 42 heavy (non-hydrogen) atoms. The van der Waals surface area contributed by atoms with Crippen molar-refractivity contribution in [1.82, 2.24) is 5.32 Å². The minimum Gasteiger partial charge on any atom is -0.393 e. The molecule has 0 aromatic carbocycles. The van der Waals surface area contributed by atoms with Crippen molar-refractivity contribution in [3.63, 3.8) is 0 Å².